The minimum absolute atomic E-state index is 0.152. The molecule has 1 amide bonds. The zero-order valence-corrected chi connectivity index (χ0v) is 10.6. The van der Waals surface area contributed by atoms with E-state index >= 15 is 0 Å². The van der Waals surface area contributed by atoms with Crippen LogP contribution >= 0.6 is 0 Å². The number of hydrogen-bond donors (Lipinski definition) is 1. The third kappa shape index (κ3) is 3.18. The van der Waals surface area contributed by atoms with Crippen molar-refractivity contribution in [1.82, 2.24) is 10.2 Å². The SMILES string of the molecule is CC1OCCC1N(C)C(=O)CC1COCCN1. The average molecular weight is 242 g/mol. The van der Waals surface area contributed by atoms with Crippen molar-refractivity contribution in [3.05, 3.63) is 0 Å². The molecular weight excluding hydrogens is 220 g/mol. The molecule has 5 nitrogen and oxygen atoms in total. The van der Waals surface area contributed by atoms with E-state index in [1.54, 1.807) is 0 Å². The molecule has 17 heavy (non-hydrogen) atoms. The van der Waals surface area contributed by atoms with Gasteiger partial charge in [0.1, 0.15) is 0 Å². The van der Waals surface area contributed by atoms with Crippen LogP contribution in [-0.4, -0.2) is 62.4 Å². The van der Waals surface area contributed by atoms with Gasteiger partial charge < -0.3 is 19.7 Å². The van der Waals surface area contributed by atoms with E-state index in [0.717, 1.165) is 26.2 Å². The number of ether oxygens (including phenoxy) is 2. The van der Waals surface area contributed by atoms with Gasteiger partial charge in [-0.05, 0) is 13.3 Å². The molecule has 0 aromatic carbocycles. The minimum atomic E-state index is 0.152. The Balaban J connectivity index is 1.81. The number of carbonyl (C=O) groups is 1. The zero-order valence-electron chi connectivity index (χ0n) is 10.6. The largest absolute Gasteiger partial charge is 0.378 e. The predicted molar refractivity (Wildman–Crippen MR) is 63.8 cm³/mol. The molecule has 98 valence electrons. The van der Waals surface area contributed by atoms with Crippen molar-refractivity contribution < 1.29 is 14.3 Å². The second kappa shape index (κ2) is 5.80. The van der Waals surface area contributed by atoms with Crippen LogP contribution in [0.25, 0.3) is 0 Å². The van der Waals surface area contributed by atoms with E-state index in [4.69, 9.17) is 9.47 Å². The maximum atomic E-state index is 12.1. The lowest BCUT2D eigenvalue weighted by atomic mass is 10.1. The van der Waals surface area contributed by atoms with Crippen LogP contribution in [0.2, 0.25) is 0 Å². The molecule has 2 fully saturated rings. The van der Waals surface area contributed by atoms with E-state index in [0.29, 0.717) is 13.0 Å². The molecule has 2 rings (SSSR count). The van der Waals surface area contributed by atoms with E-state index in [1.165, 1.54) is 0 Å². The molecule has 2 saturated heterocycles. The number of carbonyl (C=O) groups excluding carboxylic acids is 1. The molecule has 0 aromatic rings. The van der Waals surface area contributed by atoms with Crippen molar-refractivity contribution in [3.8, 4) is 0 Å². The fourth-order valence-corrected chi connectivity index (χ4v) is 2.52. The van der Waals surface area contributed by atoms with Crippen LogP contribution in [0.5, 0.6) is 0 Å². The van der Waals surface area contributed by atoms with Gasteiger partial charge in [0.05, 0.1) is 25.4 Å². The van der Waals surface area contributed by atoms with Crippen molar-refractivity contribution in [3.63, 3.8) is 0 Å². The number of morpholine rings is 1. The standard InChI is InChI=1S/C12H22N2O3/c1-9-11(3-5-17-9)14(2)12(15)7-10-8-16-6-4-13-10/h9-11,13H,3-8H2,1-2H3. The number of rotatable bonds is 3. The molecule has 0 bridgehead atoms. The maximum absolute atomic E-state index is 12.1. The molecule has 0 radical (unpaired) electrons. The van der Waals surface area contributed by atoms with Gasteiger partial charge in [-0.15, -0.1) is 0 Å². The van der Waals surface area contributed by atoms with Gasteiger partial charge in [0.2, 0.25) is 5.91 Å². The highest BCUT2D eigenvalue weighted by Crippen LogP contribution is 2.19. The van der Waals surface area contributed by atoms with Crippen LogP contribution in [0.4, 0.5) is 0 Å². The Morgan fingerprint density at radius 3 is 2.88 bits per heavy atom. The van der Waals surface area contributed by atoms with Gasteiger partial charge in [-0.1, -0.05) is 0 Å². The zero-order chi connectivity index (χ0) is 12.3. The Bertz CT molecular complexity index is 266. The molecule has 5 heteroatoms. The van der Waals surface area contributed by atoms with Gasteiger partial charge in [0.15, 0.2) is 0 Å². The van der Waals surface area contributed by atoms with Crippen LogP contribution in [0.3, 0.4) is 0 Å². The molecule has 3 unspecified atom stereocenters. The van der Waals surface area contributed by atoms with Crippen LogP contribution in [-0.2, 0) is 14.3 Å². The molecule has 2 aliphatic heterocycles. The fourth-order valence-electron chi connectivity index (χ4n) is 2.52. The normalized spacial score (nSPS) is 33.6. The fraction of sp³-hybridized carbons (Fsp3) is 0.917. The summed E-state index contributed by atoms with van der Waals surface area (Å²) in [7, 11) is 1.88. The summed E-state index contributed by atoms with van der Waals surface area (Å²) in [5.41, 5.74) is 0. The minimum Gasteiger partial charge on any atom is -0.378 e. The van der Waals surface area contributed by atoms with Crippen LogP contribution in [0.1, 0.15) is 19.8 Å². The highest BCUT2D eigenvalue weighted by Gasteiger charge is 2.31. The molecule has 3 atom stereocenters. The molecular formula is C12H22N2O3. The Morgan fingerprint density at radius 2 is 2.29 bits per heavy atom. The number of nitrogens with zero attached hydrogens (tertiary/aromatic N) is 1. The third-order valence-electron chi connectivity index (χ3n) is 3.65. The lowest BCUT2D eigenvalue weighted by Crippen LogP contribution is -2.47. The van der Waals surface area contributed by atoms with Gasteiger partial charge in [0, 0.05) is 32.7 Å². The van der Waals surface area contributed by atoms with E-state index in [9.17, 15) is 4.79 Å². The van der Waals surface area contributed by atoms with E-state index in [-0.39, 0.29) is 24.1 Å². The summed E-state index contributed by atoms with van der Waals surface area (Å²) in [4.78, 5) is 14.0. The summed E-state index contributed by atoms with van der Waals surface area (Å²) in [6, 6.07) is 0.392. The average Bonchev–Trinajstić information content (AvgIpc) is 2.76. The first-order chi connectivity index (χ1) is 8.18. The van der Waals surface area contributed by atoms with Crippen molar-refractivity contribution in [2.75, 3.05) is 33.4 Å². The van der Waals surface area contributed by atoms with E-state index in [1.807, 2.05) is 18.9 Å². The third-order valence-corrected chi connectivity index (χ3v) is 3.65. The molecule has 0 saturated carbocycles. The van der Waals surface area contributed by atoms with Gasteiger partial charge in [-0.25, -0.2) is 0 Å². The molecule has 1 N–H and O–H groups in total. The van der Waals surface area contributed by atoms with E-state index in [2.05, 4.69) is 5.32 Å². The Hall–Kier alpha value is -0.650. The Kier molecular flexibility index (Phi) is 4.36. The summed E-state index contributed by atoms with van der Waals surface area (Å²) >= 11 is 0. The first-order valence-electron chi connectivity index (χ1n) is 6.37. The van der Waals surface area contributed by atoms with Crippen LogP contribution in [0.15, 0.2) is 0 Å². The second-order valence-corrected chi connectivity index (χ2v) is 4.87. The van der Waals surface area contributed by atoms with Crippen molar-refractivity contribution in [2.45, 2.75) is 38.0 Å². The monoisotopic (exact) mass is 242 g/mol. The highest BCUT2D eigenvalue weighted by molar-refractivity contribution is 5.77. The first kappa shape index (κ1) is 12.8. The second-order valence-electron chi connectivity index (χ2n) is 4.87. The Labute approximate surface area is 102 Å². The van der Waals surface area contributed by atoms with Crippen LogP contribution < -0.4 is 5.32 Å². The predicted octanol–water partition coefficient (Wildman–Crippen LogP) is 0.000700. The van der Waals surface area contributed by atoms with Gasteiger partial charge >= 0.3 is 0 Å². The van der Waals surface area contributed by atoms with Crippen LogP contribution in [0, 0.1) is 0 Å². The maximum Gasteiger partial charge on any atom is 0.224 e. The number of hydrogen-bond acceptors (Lipinski definition) is 4. The van der Waals surface area contributed by atoms with Crippen molar-refractivity contribution in [1.29, 1.82) is 0 Å². The van der Waals surface area contributed by atoms with Gasteiger partial charge in [-0.2, -0.15) is 0 Å². The lowest BCUT2D eigenvalue weighted by Gasteiger charge is -2.30. The van der Waals surface area contributed by atoms with E-state index < -0.39 is 0 Å². The molecule has 0 spiro atoms. The molecule has 0 aliphatic carbocycles. The molecule has 2 aliphatic rings. The Morgan fingerprint density at radius 1 is 1.47 bits per heavy atom. The van der Waals surface area contributed by atoms with Gasteiger partial charge in [-0.3, -0.25) is 4.79 Å². The summed E-state index contributed by atoms with van der Waals surface area (Å²) in [6.45, 7) is 5.01. The molecule has 2 heterocycles. The number of amides is 1. The summed E-state index contributed by atoms with van der Waals surface area (Å²) in [5, 5.41) is 3.30. The van der Waals surface area contributed by atoms with Crippen molar-refractivity contribution >= 4 is 5.91 Å². The number of likely N-dealkylation sites (N-methyl/N-ethyl adjacent to an activating group) is 1. The number of nitrogens with one attached hydrogen (secondary N) is 1. The van der Waals surface area contributed by atoms with Gasteiger partial charge in [0.25, 0.3) is 0 Å². The quantitative estimate of drug-likeness (QED) is 0.757. The van der Waals surface area contributed by atoms with Crippen molar-refractivity contribution in [2.24, 2.45) is 0 Å². The first-order valence-corrected chi connectivity index (χ1v) is 6.37. The highest BCUT2D eigenvalue weighted by atomic mass is 16.5. The lowest BCUT2D eigenvalue weighted by molar-refractivity contribution is -0.134. The summed E-state index contributed by atoms with van der Waals surface area (Å²) in [5.74, 6) is 0.176. The smallest absolute Gasteiger partial charge is 0.224 e. The summed E-state index contributed by atoms with van der Waals surface area (Å²) < 4.78 is 10.8. The topological polar surface area (TPSA) is 50.8 Å². The summed E-state index contributed by atoms with van der Waals surface area (Å²) in [6.07, 6.45) is 1.61. The molecule has 0 aromatic heterocycles.